The van der Waals surface area contributed by atoms with Gasteiger partial charge in [-0.15, -0.1) is 0 Å². The van der Waals surface area contributed by atoms with Gasteiger partial charge in [-0.3, -0.25) is 0 Å². The van der Waals surface area contributed by atoms with Crippen molar-refractivity contribution in [2.24, 2.45) is 11.8 Å². The van der Waals surface area contributed by atoms with Gasteiger partial charge in [0.1, 0.15) is 5.78 Å². The van der Waals surface area contributed by atoms with Crippen LogP contribution in [0.1, 0.15) is 40.5 Å². The first-order valence-electron chi connectivity index (χ1n) is 5.36. The van der Waals surface area contributed by atoms with Gasteiger partial charge in [0.05, 0.1) is 0 Å². The summed E-state index contributed by atoms with van der Waals surface area (Å²) in [5.74, 6) is 1.42. The van der Waals surface area contributed by atoms with E-state index in [0.717, 1.165) is 6.42 Å². The second kappa shape index (κ2) is 7.54. The standard InChI is InChI=1S/C13H22O/c1-5-6-7-8-13(11(2)3)10-9-12(4)14/h5-8,11,13H,9-10H2,1-4H3/b6-5+,8-7+. The minimum atomic E-state index is 0.287. The Kier molecular flexibility index (Phi) is 7.09. The lowest BCUT2D eigenvalue weighted by Gasteiger charge is -2.15. The van der Waals surface area contributed by atoms with Crippen LogP contribution in [-0.2, 0) is 4.79 Å². The molecule has 1 heteroatoms. The normalized spacial score (nSPS) is 14.4. The van der Waals surface area contributed by atoms with E-state index in [1.807, 2.05) is 19.1 Å². The van der Waals surface area contributed by atoms with Crippen LogP contribution in [0, 0.1) is 11.8 Å². The van der Waals surface area contributed by atoms with Gasteiger partial charge in [0.25, 0.3) is 0 Å². The molecule has 1 nitrogen and oxygen atoms in total. The number of ketones is 1. The van der Waals surface area contributed by atoms with Crippen molar-refractivity contribution in [1.29, 1.82) is 0 Å². The maximum Gasteiger partial charge on any atom is 0.129 e. The third-order valence-electron chi connectivity index (χ3n) is 2.35. The van der Waals surface area contributed by atoms with Gasteiger partial charge >= 0.3 is 0 Å². The van der Waals surface area contributed by atoms with Crippen LogP contribution in [-0.4, -0.2) is 5.78 Å². The Labute approximate surface area is 87.9 Å². The van der Waals surface area contributed by atoms with Gasteiger partial charge in [-0.2, -0.15) is 0 Å². The first-order valence-corrected chi connectivity index (χ1v) is 5.36. The molecule has 14 heavy (non-hydrogen) atoms. The molecule has 0 saturated heterocycles. The van der Waals surface area contributed by atoms with E-state index in [-0.39, 0.29) is 5.78 Å². The Morgan fingerprint density at radius 3 is 2.36 bits per heavy atom. The second-order valence-corrected chi connectivity index (χ2v) is 4.06. The summed E-state index contributed by atoms with van der Waals surface area (Å²) >= 11 is 0. The lowest BCUT2D eigenvalue weighted by atomic mass is 9.90. The maximum absolute atomic E-state index is 10.9. The van der Waals surface area contributed by atoms with Crippen LogP contribution in [0.5, 0.6) is 0 Å². The minimum absolute atomic E-state index is 0.287. The molecule has 0 aromatic heterocycles. The number of allylic oxidation sites excluding steroid dienone is 4. The molecule has 0 spiro atoms. The van der Waals surface area contributed by atoms with Gasteiger partial charge in [-0.1, -0.05) is 38.2 Å². The van der Waals surface area contributed by atoms with Crippen molar-refractivity contribution in [2.45, 2.75) is 40.5 Å². The average Bonchev–Trinajstić information content (AvgIpc) is 2.10. The summed E-state index contributed by atoms with van der Waals surface area (Å²) in [6.45, 7) is 8.06. The Morgan fingerprint density at radius 1 is 1.29 bits per heavy atom. The third-order valence-corrected chi connectivity index (χ3v) is 2.35. The van der Waals surface area contributed by atoms with E-state index in [9.17, 15) is 4.79 Å². The first-order chi connectivity index (χ1) is 6.57. The van der Waals surface area contributed by atoms with Gasteiger partial charge in [0.2, 0.25) is 0 Å². The predicted molar refractivity (Wildman–Crippen MR) is 62.2 cm³/mol. The fraction of sp³-hybridized carbons (Fsp3) is 0.615. The number of rotatable bonds is 6. The molecule has 0 aromatic carbocycles. The Hall–Kier alpha value is -0.850. The fourth-order valence-electron chi connectivity index (χ4n) is 1.34. The molecule has 80 valence electrons. The molecule has 0 N–H and O–H groups in total. The van der Waals surface area contributed by atoms with E-state index in [4.69, 9.17) is 0 Å². The molecule has 0 aromatic rings. The summed E-state index contributed by atoms with van der Waals surface area (Å²) in [6.07, 6.45) is 9.99. The zero-order chi connectivity index (χ0) is 11.0. The Morgan fingerprint density at radius 2 is 1.93 bits per heavy atom. The molecule has 0 aliphatic carbocycles. The highest BCUT2D eigenvalue weighted by molar-refractivity contribution is 5.75. The largest absolute Gasteiger partial charge is 0.300 e. The van der Waals surface area contributed by atoms with E-state index in [0.29, 0.717) is 18.3 Å². The van der Waals surface area contributed by atoms with Crippen LogP contribution >= 0.6 is 0 Å². The number of hydrogen-bond donors (Lipinski definition) is 0. The number of Topliss-reactive ketones (excluding diaryl/α,β-unsaturated/α-hetero) is 1. The molecule has 0 amide bonds. The molecule has 1 unspecified atom stereocenters. The molecular weight excluding hydrogens is 172 g/mol. The Bertz CT molecular complexity index is 211. The lowest BCUT2D eigenvalue weighted by Crippen LogP contribution is -2.07. The van der Waals surface area contributed by atoms with E-state index in [1.165, 1.54) is 0 Å². The molecule has 1 atom stereocenters. The smallest absolute Gasteiger partial charge is 0.129 e. The van der Waals surface area contributed by atoms with Gasteiger partial charge in [-0.05, 0) is 32.1 Å². The summed E-state index contributed by atoms with van der Waals surface area (Å²) in [5.41, 5.74) is 0. The lowest BCUT2D eigenvalue weighted by molar-refractivity contribution is -0.117. The Balaban J connectivity index is 4.08. The van der Waals surface area contributed by atoms with Crippen molar-refractivity contribution in [3.05, 3.63) is 24.3 Å². The minimum Gasteiger partial charge on any atom is -0.300 e. The molecule has 0 radical (unpaired) electrons. The highest BCUT2D eigenvalue weighted by Gasteiger charge is 2.09. The average molecular weight is 194 g/mol. The molecule has 0 bridgehead atoms. The van der Waals surface area contributed by atoms with Gasteiger partial charge < -0.3 is 4.79 Å². The van der Waals surface area contributed by atoms with Gasteiger partial charge in [-0.25, -0.2) is 0 Å². The van der Waals surface area contributed by atoms with E-state index in [2.05, 4.69) is 26.0 Å². The van der Waals surface area contributed by atoms with E-state index >= 15 is 0 Å². The van der Waals surface area contributed by atoms with Crippen molar-refractivity contribution in [3.8, 4) is 0 Å². The van der Waals surface area contributed by atoms with Crippen LogP contribution in [0.2, 0.25) is 0 Å². The summed E-state index contributed by atoms with van der Waals surface area (Å²) in [7, 11) is 0. The van der Waals surface area contributed by atoms with Crippen LogP contribution < -0.4 is 0 Å². The van der Waals surface area contributed by atoms with Gasteiger partial charge in [0.15, 0.2) is 0 Å². The third kappa shape index (κ3) is 6.64. The van der Waals surface area contributed by atoms with E-state index < -0.39 is 0 Å². The van der Waals surface area contributed by atoms with Gasteiger partial charge in [0, 0.05) is 6.42 Å². The summed E-state index contributed by atoms with van der Waals surface area (Å²) in [5, 5.41) is 0. The molecule has 0 heterocycles. The van der Waals surface area contributed by atoms with Crippen molar-refractivity contribution >= 4 is 5.78 Å². The predicted octanol–water partition coefficient (Wildman–Crippen LogP) is 3.76. The SMILES string of the molecule is C/C=C/C=C/C(CCC(C)=O)C(C)C. The van der Waals surface area contributed by atoms with Crippen molar-refractivity contribution in [3.63, 3.8) is 0 Å². The zero-order valence-electron chi connectivity index (χ0n) is 9.79. The molecule has 0 rings (SSSR count). The number of carbonyl (C=O) groups excluding carboxylic acids is 1. The summed E-state index contributed by atoms with van der Waals surface area (Å²) < 4.78 is 0. The molecule has 0 aliphatic heterocycles. The fourth-order valence-corrected chi connectivity index (χ4v) is 1.34. The molecule has 0 aliphatic rings. The monoisotopic (exact) mass is 194 g/mol. The second-order valence-electron chi connectivity index (χ2n) is 4.06. The van der Waals surface area contributed by atoms with Crippen LogP contribution in [0.4, 0.5) is 0 Å². The highest BCUT2D eigenvalue weighted by atomic mass is 16.1. The van der Waals surface area contributed by atoms with Crippen LogP contribution in [0.15, 0.2) is 24.3 Å². The van der Waals surface area contributed by atoms with Crippen molar-refractivity contribution < 1.29 is 4.79 Å². The van der Waals surface area contributed by atoms with E-state index in [1.54, 1.807) is 6.92 Å². The van der Waals surface area contributed by atoms with Crippen molar-refractivity contribution in [2.75, 3.05) is 0 Å². The zero-order valence-corrected chi connectivity index (χ0v) is 9.79. The number of hydrogen-bond acceptors (Lipinski definition) is 1. The first kappa shape index (κ1) is 13.2. The van der Waals surface area contributed by atoms with Crippen molar-refractivity contribution in [1.82, 2.24) is 0 Å². The van der Waals surface area contributed by atoms with Crippen LogP contribution in [0.25, 0.3) is 0 Å². The highest BCUT2D eigenvalue weighted by Crippen LogP contribution is 2.18. The number of carbonyl (C=O) groups is 1. The summed E-state index contributed by atoms with van der Waals surface area (Å²) in [6, 6.07) is 0. The van der Waals surface area contributed by atoms with Crippen LogP contribution in [0.3, 0.4) is 0 Å². The molecular formula is C13H22O. The maximum atomic E-state index is 10.9. The summed E-state index contributed by atoms with van der Waals surface area (Å²) in [4.78, 5) is 10.9. The quantitative estimate of drug-likeness (QED) is 0.588. The molecule has 0 saturated carbocycles. The molecule has 0 fully saturated rings. The topological polar surface area (TPSA) is 17.1 Å².